The van der Waals surface area contributed by atoms with Crippen LogP contribution in [0.4, 0.5) is 0 Å². The van der Waals surface area contributed by atoms with Gasteiger partial charge in [0.15, 0.2) is 0 Å². The third-order valence-electron chi connectivity index (χ3n) is 6.43. The summed E-state index contributed by atoms with van der Waals surface area (Å²) < 4.78 is 5.53. The summed E-state index contributed by atoms with van der Waals surface area (Å²) in [5.74, 6) is 1.30. The van der Waals surface area contributed by atoms with Gasteiger partial charge >= 0.3 is 5.97 Å². The Bertz CT molecular complexity index is 815. The van der Waals surface area contributed by atoms with E-state index >= 15 is 0 Å². The Labute approximate surface area is 155 Å². The molecule has 0 unspecified atom stereocenters. The molecule has 3 aliphatic carbocycles. The summed E-state index contributed by atoms with van der Waals surface area (Å²) in [7, 11) is 0. The van der Waals surface area contributed by atoms with Crippen molar-refractivity contribution in [3.63, 3.8) is 0 Å². The average Bonchev–Trinajstić information content (AvgIpc) is 2.68. The molecule has 0 spiro atoms. The fraction of sp³-hybridized carbons (Fsp3) is 0.375. The Morgan fingerprint density at radius 3 is 2.38 bits per heavy atom. The molecule has 0 aliphatic heterocycles. The first-order chi connectivity index (χ1) is 12.6. The van der Waals surface area contributed by atoms with E-state index in [0.717, 1.165) is 23.5 Å². The van der Waals surface area contributed by atoms with Gasteiger partial charge in [-0.2, -0.15) is 0 Å². The molecule has 2 atom stereocenters. The number of rotatable bonds is 5. The maximum atomic E-state index is 12.3. The molecule has 2 heteroatoms. The van der Waals surface area contributed by atoms with Crippen LogP contribution in [0.5, 0.6) is 0 Å². The van der Waals surface area contributed by atoms with Crippen molar-refractivity contribution in [3.8, 4) is 11.1 Å². The van der Waals surface area contributed by atoms with Crippen LogP contribution in [0, 0.1) is 17.3 Å². The highest BCUT2D eigenvalue weighted by Gasteiger charge is 2.50. The minimum atomic E-state index is -0.230. The number of hydrogen-bond acceptors (Lipinski definition) is 2. The first kappa shape index (κ1) is 17.1. The van der Waals surface area contributed by atoms with Crippen LogP contribution >= 0.6 is 0 Å². The lowest BCUT2D eigenvalue weighted by atomic mass is 9.48. The minimum Gasteiger partial charge on any atom is -0.462 e. The molecule has 2 nitrogen and oxygen atoms in total. The van der Waals surface area contributed by atoms with Gasteiger partial charge in [-0.15, -0.1) is 0 Å². The van der Waals surface area contributed by atoms with Gasteiger partial charge in [0.25, 0.3) is 0 Å². The molecule has 0 radical (unpaired) electrons. The quantitative estimate of drug-likeness (QED) is 0.498. The number of allylic oxidation sites excluding steroid dienone is 1. The normalized spacial score (nSPS) is 22.9. The molecule has 1 fully saturated rings. The van der Waals surface area contributed by atoms with Crippen molar-refractivity contribution in [3.05, 3.63) is 71.8 Å². The van der Waals surface area contributed by atoms with E-state index in [2.05, 4.69) is 32.1 Å². The summed E-state index contributed by atoms with van der Waals surface area (Å²) in [5, 5.41) is 0. The summed E-state index contributed by atoms with van der Waals surface area (Å²) >= 11 is 0. The van der Waals surface area contributed by atoms with Crippen LogP contribution in [0.15, 0.2) is 66.2 Å². The number of carbonyl (C=O) groups is 1. The molecule has 0 aromatic heterocycles. The highest BCUT2D eigenvalue weighted by Crippen LogP contribution is 2.59. The largest absolute Gasteiger partial charge is 0.462 e. The van der Waals surface area contributed by atoms with E-state index in [-0.39, 0.29) is 5.97 Å². The molecule has 26 heavy (non-hydrogen) atoms. The van der Waals surface area contributed by atoms with Gasteiger partial charge in [-0.3, -0.25) is 0 Å². The van der Waals surface area contributed by atoms with E-state index in [4.69, 9.17) is 4.74 Å². The summed E-state index contributed by atoms with van der Waals surface area (Å²) in [5.41, 5.74) is 4.80. The number of esters is 1. The van der Waals surface area contributed by atoms with Crippen molar-refractivity contribution in [2.24, 2.45) is 17.3 Å². The fourth-order valence-electron chi connectivity index (χ4n) is 4.53. The molecule has 5 rings (SSSR count). The summed E-state index contributed by atoms with van der Waals surface area (Å²) in [6.07, 6.45) is 5.75. The second-order valence-electron chi connectivity index (χ2n) is 8.15. The fourth-order valence-corrected chi connectivity index (χ4v) is 4.53. The van der Waals surface area contributed by atoms with Crippen LogP contribution in [0.1, 0.15) is 43.5 Å². The molecular weight excluding hydrogens is 320 g/mol. The Morgan fingerprint density at radius 1 is 1.04 bits per heavy atom. The van der Waals surface area contributed by atoms with Crippen LogP contribution in [0.2, 0.25) is 0 Å². The Hall–Kier alpha value is -2.35. The molecule has 2 bridgehead atoms. The SMILES string of the molecule is CC1(C)[C@H]2CC=C(CCOC(=O)c3ccc(-c4ccccc4)cc3)[C@@H]1C2. The van der Waals surface area contributed by atoms with Crippen LogP contribution in [-0.4, -0.2) is 12.6 Å². The number of ether oxygens (including phenoxy) is 1. The van der Waals surface area contributed by atoms with Gasteiger partial charge in [-0.1, -0.05) is 68.0 Å². The molecule has 134 valence electrons. The van der Waals surface area contributed by atoms with E-state index < -0.39 is 0 Å². The molecule has 2 aromatic rings. The van der Waals surface area contributed by atoms with Crippen molar-refractivity contribution < 1.29 is 9.53 Å². The van der Waals surface area contributed by atoms with Crippen molar-refractivity contribution in [1.82, 2.24) is 0 Å². The van der Waals surface area contributed by atoms with Gasteiger partial charge in [-0.05, 0) is 53.4 Å². The average molecular weight is 346 g/mol. The van der Waals surface area contributed by atoms with Gasteiger partial charge in [-0.25, -0.2) is 4.79 Å². The third-order valence-corrected chi connectivity index (χ3v) is 6.43. The first-order valence-electron chi connectivity index (χ1n) is 9.57. The van der Waals surface area contributed by atoms with Crippen molar-refractivity contribution in [1.29, 1.82) is 0 Å². The van der Waals surface area contributed by atoms with E-state index in [1.165, 1.54) is 18.4 Å². The van der Waals surface area contributed by atoms with Gasteiger partial charge in [0, 0.05) is 6.42 Å². The minimum absolute atomic E-state index is 0.230. The van der Waals surface area contributed by atoms with E-state index in [9.17, 15) is 4.79 Å². The predicted octanol–water partition coefficient (Wildman–Crippen LogP) is 5.89. The van der Waals surface area contributed by atoms with Crippen molar-refractivity contribution >= 4 is 5.97 Å². The van der Waals surface area contributed by atoms with Crippen LogP contribution in [0.3, 0.4) is 0 Å². The molecule has 0 amide bonds. The molecule has 1 saturated carbocycles. The standard InChI is InChI=1S/C24H26O2/c1-24(2)21-13-12-19(22(24)16-21)14-15-26-23(25)20-10-8-18(9-11-20)17-6-4-3-5-7-17/h3-12,21-22H,13-16H2,1-2H3/t21-,22-/m0/s1. The number of fused-ring (bicyclic) bond motifs is 1. The maximum Gasteiger partial charge on any atom is 0.338 e. The third kappa shape index (κ3) is 3.09. The zero-order chi connectivity index (χ0) is 18.1. The van der Waals surface area contributed by atoms with E-state index in [1.807, 2.05) is 42.5 Å². The molecule has 0 saturated heterocycles. The summed E-state index contributed by atoms with van der Waals surface area (Å²) in [6, 6.07) is 17.8. The number of benzene rings is 2. The smallest absolute Gasteiger partial charge is 0.338 e. The van der Waals surface area contributed by atoms with Crippen LogP contribution in [-0.2, 0) is 4.74 Å². The monoisotopic (exact) mass is 346 g/mol. The lowest BCUT2D eigenvalue weighted by molar-refractivity contribution is -0.0103. The second kappa shape index (κ2) is 6.75. The Kier molecular flexibility index (Phi) is 4.44. The second-order valence-corrected chi connectivity index (χ2v) is 8.15. The van der Waals surface area contributed by atoms with Crippen molar-refractivity contribution in [2.45, 2.75) is 33.1 Å². The molecule has 2 aromatic carbocycles. The highest BCUT2D eigenvalue weighted by molar-refractivity contribution is 5.90. The number of hydrogen-bond donors (Lipinski definition) is 0. The van der Waals surface area contributed by atoms with E-state index in [0.29, 0.717) is 23.5 Å². The Morgan fingerprint density at radius 2 is 1.73 bits per heavy atom. The van der Waals surface area contributed by atoms with Gasteiger partial charge < -0.3 is 4.74 Å². The predicted molar refractivity (Wildman–Crippen MR) is 105 cm³/mol. The van der Waals surface area contributed by atoms with Gasteiger partial charge in [0.1, 0.15) is 0 Å². The lowest BCUT2D eigenvalue weighted by Crippen LogP contribution is -2.48. The highest BCUT2D eigenvalue weighted by atomic mass is 16.5. The molecule has 0 N–H and O–H groups in total. The molecule has 3 aliphatic rings. The Balaban J connectivity index is 1.32. The summed E-state index contributed by atoms with van der Waals surface area (Å²) in [6.45, 7) is 5.22. The van der Waals surface area contributed by atoms with Gasteiger partial charge in [0.2, 0.25) is 0 Å². The topological polar surface area (TPSA) is 26.3 Å². The van der Waals surface area contributed by atoms with Crippen LogP contribution < -0.4 is 0 Å². The summed E-state index contributed by atoms with van der Waals surface area (Å²) in [4.78, 5) is 12.3. The first-order valence-corrected chi connectivity index (χ1v) is 9.57. The maximum absolute atomic E-state index is 12.3. The van der Waals surface area contributed by atoms with Crippen molar-refractivity contribution in [2.75, 3.05) is 6.61 Å². The number of carbonyl (C=O) groups excluding carboxylic acids is 1. The lowest BCUT2D eigenvalue weighted by Gasteiger charge is -2.56. The molecule has 0 heterocycles. The zero-order valence-corrected chi connectivity index (χ0v) is 15.6. The van der Waals surface area contributed by atoms with E-state index in [1.54, 1.807) is 0 Å². The van der Waals surface area contributed by atoms with Gasteiger partial charge in [0.05, 0.1) is 12.2 Å². The van der Waals surface area contributed by atoms with Crippen LogP contribution in [0.25, 0.3) is 11.1 Å². The zero-order valence-electron chi connectivity index (χ0n) is 15.6. The molecular formula is C24H26O2.